The standard InChI is InChI=1S/C14H22N2O2/c1-4-14(15,5-2)10-18-13(17)16-12-8-6-11(3)7-9-12/h6-9H,4-5,10,15H2,1-3H3,(H,16,17). The normalized spacial score (nSPS) is 11.1. The Hall–Kier alpha value is -1.55. The highest BCUT2D eigenvalue weighted by Gasteiger charge is 2.22. The van der Waals surface area contributed by atoms with Crippen LogP contribution in [-0.2, 0) is 4.74 Å². The number of hydrogen-bond acceptors (Lipinski definition) is 3. The van der Waals surface area contributed by atoms with Crippen molar-refractivity contribution in [3.63, 3.8) is 0 Å². The number of benzene rings is 1. The molecular weight excluding hydrogens is 228 g/mol. The number of ether oxygens (including phenoxy) is 1. The van der Waals surface area contributed by atoms with Crippen molar-refractivity contribution >= 4 is 11.8 Å². The third-order valence-electron chi connectivity index (χ3n) is 3.20. The molecule has 3 N–H and O–H groups in total. The number of rotatable bonds is 5. The second-order valence-electron chi connectivity index (χ2n) is 4.64. The van der Waals surface area contributed by atoms with Crippen molar-refractivity contribution in [2.45, 2.75) is 39.2 Å². The summed E-state index contributed by atoms with van der Waals surface area (Å²) in [6.45, 7) is 6.21. The maximum absolute atomic E-state index is 11.6. The van der Waals surface area contributed by atoms with Crippen molar-refractivity contribution in [2.24, 2.45) is 5.73 Å². The molecular formula is C14H22N2O2. The van der Waals surface area contributed by atoms with E-state index in [-0.39, 0.29) is 6.61 Å². The van der Waals surface area contributed by atoms with E-state index in [0.29, 0.717) is 0 Å². The van der Waals surface area contributed by atoms with Crippen molar-refractivity contribution in [3.8, 4) is 0 Å². The second kappa shape index (κ2) is 6.40. The molecule has 18 heavy (non-hydrogen) atoms. The summed E-state index contributed by atoms with van der Waals surface area (Å²) >= 11 is 0. The number of amides is 1. The predicted molar refractivity (Wildman–Crippen MR) is 73.7 cm³/mol. The van der Waals surface area contributed by atoms with Crippen molar-refractivity contribution in [1.82, 2.24) is 0 Å². The van der Waals surface area contributed by atoms with Gasteiger partial charge in [0.1, 0.15) is 6.61 Å². The van der Waals surface area contributed by atoms with Gasteiger partial charge in [-0.05, 0) is 31.9 Å². The number of nitrogens with two attached hydrogens (primary N) is 1. The molecule has 1 aromatic carbocycles. The average molecular weight is 250 g/mol. The third-order valence-corrected chi connectivity index (χ3v) is 3.20. The van der Waals surface area contributed by atoms with E-state index >= 15 is 0 Å². The Morgan fingerprint density at radius 2 is 1.83 bits per heavy atom. The summed E-state index contributed by atoms with van der Waals surface area (Å²) in [5.41, 5.74) is 7.50. The first-order valence-electron chi connectivity index (χ1n) is 6.28. The fourth-order valence-electron chi connectivity index (χ4n) is 1.45. The van der Waals surface area contributed by atoms with Crippen LogP contribution in [0.25, 0.3) is 0 Å². The SMILES string of the molecule is CCC(N)(CC)COC(=O)Nc1ccc(C)cc1. The van der Waals surface area contributed by atoms with E-state index < -0.39 is 11.6 Å². The van der Waals surface area contributed by atoms with Gasteiger partial charge < -0.3 is 10.5 Å². The number of carbonyl (C=O) groups is 1. The van der Waals surface area contributed by atoms with Gasteiger partial charge in [-0.25, -0.2) is 4.79 Å². The topological polar surface area (TPSA) is 64.3 Å². The van der Waals surface area contributed by atoms with Crippen LogP contribution in [0.5, 0.6) is 0 Å². The third kappa shape index (κ3) is 4.37. The smallest absolute Gasteiger partial charge is 0.411 e. The van der Waals surface area contributed by atoms with Crippen molar-refractivity contribution in [1.29, 1.82) is 0 Å². The first-order valence-corrected chi connectivity index (χ1v) is 6.28. The van der Waals surface area contributed by atoms with Crippen LogP contribution in [0, 0.1) is 6.92 Å². The lowest BCUT2D eigenvalue weighted by Crippen LogP contribution is -2.44. The number of anilines is 1. The quantitative estimate of drug-likeness (QED) is 0.844. The van der Waals surface area contributed by atoms with E-state index in [1.54, 1.807) is 0 Å². The molecule has 0 aliphatic heterocycles. The minimum Gasteiger partial charge on any atom is -0.447 e. The monoisotopic (exact) mass is 250 g/mol. The molecule has 4 nitrogen and oxygen atoms in total. The molecule has 0 saturated heterocycles. The van der Waals surface area contributed by atoms with E-state index in [9.17, 15) is 4.79 Å². The molecule has 4 heteroatoms. The molecule has 1 rings (SSSR count). The molecule has 0 aliphatic carbocycles. The van der Waals surface area contributed by atoms with Gasteiger partial charge in [0.2, 0.25) is 0 Å². The van der Waals surface area contributed by atoms with Gasteiger partial charge in [0.05, 0.1) is 0 Å². The maximum Gasteiger partial charge on any atom is 0.411 e. The van der Waals surface area contributed by atoms with Crippen molar-refractivity contribution < 1.29 is 9.53 Å². The molecule has 0 spiro atoms. The Morgan fingerprint density at radius 3 is 2.33 bits per heavy atom. The molecule has 0 aromatic heterocycles. The highest BCUT2D eigenvalue weighted by molar-refractivity contribution is 5.84. The van der Waals surface area contributed by atoms with E-state index in [4.69, 9.17) is 10.5 Å². The summed E-state index contributed by atoms with van der Waals surface area (Å²) in [4.78, 5) is 11.6. The van der Waals surface area contributed by atoms with Gasteiger partial charge in [0, 0.05) is 11.2 Å². The number of nitrogens with one attached hydrogen (secondary N) is 1. The lowest BCUT2D eigenvalue weighted by molar-refractivity contribution is 0.125. The summed E-state index contributed by atoms with van der Waals surface area (Å²) in [6, 6.07) is 7.54. The first-order chi connectivity index (χ1) is 8.49. The molecule has 0 unspecified atom stereocenters. The summed E-state index contributed by atoms with van der Waals surface area (Å²) in [6.07, 6.45) is 1.10. The number of carbonyl (C=O) groups excluding carboxylic acids is 1. The van der Waals surface area contributed by atoms with Crippen LogP contribution in [0.15, 0.2) is 24.3 Å². The van der Waals surface area contributed by atoms with Gasteiger partial charge in [0.25, 0.3) is 0 Å². The molecule has 0 heterocycles. The molecule has 1 amide bonds. The van der Waals surface area contributed by atoms with Gasteiger partial charge >= 0.3 is 6.09 Å². The highest BCUT2D eigenvalue weighted by Crippen LogP contribution is 2.13. The van der Waals surface area contributed by atoms with Crippen LogP contribution in [0.2, 0.25) is 0 Å². The molecule has 100 valence electrons. The molecule has 0 saturated carbocycles. The number of aryl methyl sites for hydroxylation is 1. The van der Waals surface area contributed by atoms with E-state index in [0.717, 1.165) is 24.1 Å². The van der Waals surface area contributed by atoms with Gasteiger partial charge in [0.15, 0.2) is 0 Å². The van der Waals surface area contributed by atoms with Crippen molar-refractivity contribution in [3.05, 3.63) is 29.8 Å². The molecule has 0 radical (unpaired) electrons. The molecule has 0 atom stereocenters. The summed E-state index contributed by atoms with van der Waals surface area (Å²) in [5.74, 6) is 0. The molecule has 0 bridgehead atoms. The van der Waals surface area contributed by atoms with E-state index in [1.165, 1.54) is 0 Å². The Kier molecular flexibility index (Phi) is 5.16. The second-order valence-corrected chi connectivity index (χ2v) is 4.64. The fraction of sp³-hybridized carbons (Fsp3) is 0.500. The summed E-state index contributed by atoms with van der Waals surface area (Å²) in [5, 5.41) is 2.67. The lowest BCUT2D eigenvalue weighted by atomic mass is 9.96. The zero-order valence-corrected chi connectivity index (χ0v) is 11.3. The van der Waals surface area contributed by atoms with E-state index in [1.807, 2.05) is 45.0 Å². The predicted octanol–water partition coefficient (Wildman–Crippen LogP) is 3.06. The number of hydrogen-bond donors (Lipinski definition) is 2. The fourth-order valence-corrected chi connectivity index (χ4v) is 1.45. The van der Waals surface area contributed by atoms with Crippen LogP contribution >= 0.6 is 0 Å². The van der Waals surface area contributed by atoms with Crippen LogP contribution in [0.1, 0.15) is 32.3 Å². The van der Waals surface area contributed by atoms with Gasteiger partial charge in [-0.3, -0.25) is 5.32 Å². The first kappa shape index (κ1) is 14.5. The van der Waals surface area contributed by atoms with Gasteiger partial charge in [-0.15, -0.1) is 0 Å². The van der Waals surface area contributed by atoms with Crippen LogP contribution < -0.4 is 11.1 Å². The van der Waals surface area contributed by atoms with E-state index in [2.05, 4.69) is 5.32 Å². The Labute approximate surface area is 109 Å². The maximum atomic E-state index is 11.6. The largest absolute Gasteiger partial charge is 0.447 e. The Bertz CT molecular complexity index is 383. The minimum atomic E-state index is -0.462. The van der Waals surface area contributed by atoms with Crippen LogP contribution in [0.4, 0.5) is 10.5 Å². The lowest BCUT2D eigenvalue weighted by Gasteiger charge is -2.25. The average Bonchev–Trinajstić information content (AvgIpc) is 2.39. The van der Waals surface area contributed by atoms with Gasteiger partial charge in [-0.2, -0.15) is 0 Å². The zero-order chi connectivity index (χ0) is 13.6. The zero-order valence-electron chi connectivity index (χ0n) is 11.3. The Morgan fingerprint density at radius 1 is 1.28 bits per heavy atom. The highest BCUT2D eigenvalue weighted by atomic mass is 16.5. The molecule has 0 aliphatic rings. The van der Waals surface area contributed by atoms with Crippen LogP contribution in [-0.4, -0.2) is 18.2 Å². The van der Waals surface area contributed by atoms with Gasteiger partial charge in [-0.1, -0.05) is 31.5 Å². The summed E-state index contributed by atoms with van der Waals surface area (Å²) in [7, 11) is 0. The molecule has 0 fully saturated rings. The Balaban J connectivity index is 2.45. The minimum absolute atomic E-state index is 0.234. The van der Waals surface area contributed by atoms with Crippen molar-refractivity contribution in [2.75, 3.05) is 11.9 Å². The molecule has 1 aromatic rings. The van der Waals surface area contributed by atoms with Crippen LogP contribution in [0.3, 0.4) is 0 Å². The summed E-state index contributed by atoms with van der Waals surface area (Å²) < 4.78 is 5.15.